The number of anilines is 1. The van der Waals surface area contributed by atoms with E-state index in [0.717, 1.165) is 11.3 Å². The van der Waals surface area contributed by atoms with E-state index in [1.54, 1.807) is 18.3 Å². The topological polar surface area (TPSA) is 85.3 Å². The van der Waals surface area contributed by atoms with Crippen molar-refractivity contribution in [3.05, 3.63) is 66.9 Å². The van der Waals surface area contributed by atoms with E-state index in [0.29, 0.717) is 11.5 Å². The molecular formula is C16H11N5O2. The van der Waals surface area contributed by atoms with Gasteiger partial charge in [0, 0.05) is 35.9 Å². The standard InChI is InChI=1S/C16H11N5O2/c22-15(14-6-8-18-23-14)19-12-4-2-11(3-5-12)13-10-21-9-1-7-17-16(21)20-13/h1-10H,(H,19,22). The van der Waals surface area contributed by atoms with E-state index in [9.17, 15) is 4.79 Å². The quantitative estimate of drug-likeness (QED) is 0.629. The first-order valence-electron chi connectivity index (χ1n) is 6.92. The summed E-state index contributed by atoms with van der Waals surface area (Å²) in [6.45, 7) is 0. The van der Waals surface area contributed by atoms with Crippen molar-refractivity contribution in [2.24, 2.45) is 0 Å². The lowest BCUT2D eigenvalue weighted by Gasteiger charge is -2.03. The first-order valence-corrected chi connectivity index (χ1v) is 6.92. The molecule has 0 fully saturated rings. The lowest BCUT2D eigenvalue weighted by molar-refractivity contribution is 0.0988. The van der Waals surface area contributed by atoms with Crippen LogP contribution < -0.4 is 5.32 Å². The normalized spacial score (nSPS) is 10.8. The minimum absolute atomic E-state index is 0.167. The summed E-state index contributed by atoms with van der Waals surface area (Å²) in [5.41, 5.74) is 2.42. The number of hydrogen-bond donors (Lipinski definition) is 1. The van der Waals surface area contributed by atoms with E-state index < -0.39 is 0 Å². The summed E-state index contributed by atoms with van der Waals surface area (Å²) in [5.74, 6) is 0.470. The highest BCUT2D eigenvalue weighted by molar-refractivity contribution is 6.02. The van der Waals surface area contributed by atoms with Crippen LogP contribution in [0.25, 0.3) is 17.0 Å². The van der Waals surface area contributed by atoms with Crippen LogP contribution in [-0.2, 0) is 0 Å². The van der Waals surface area contributed by atoms with E-state index in [2.05, 4.69) is 20.4 Å². The molecule has 7 nitrogen and oxygen atoms in total. The third-order valence-corrected chi connectivity index (χ3v) is 3.34. The van der Waals surface area contributed by atoms with Gasteiger partial charge in [-0.05, 0) is 18.2 Å². The smallest absolute Gasteiger partial charge is 0.294 e. The van der Waals surface area contributed by atoms with Crippen LogP contribution in [0, 0.1) is 0 Å². The van der Waals surface area contributed by atoms with Crippen LogP contribution in [0.15, 0.2) is 65.7 Å². The summed E-state index contributed by atoms with van der Waals surface area (Å²) in [6.07, 6.45) is 6.93. The van der Waals surface area contributed by atoms with Gasteiger partial charge in [0.2, 0.25) is 11.5 Å². The van der Waals surface area contributed by atoms with Gasteiger partial charge in [0.15, 0.2) is 0 Å². The summed E-state index contributed by atoms with van der Waals surface area (Å²) in [6, 6.07) is 10.7. The second kappa shape index (κ2) is 5.38. The van der Waals surface area contributed by atoms with Gasteiger partial charge in [-0.2, -0.15) is 0 Å². The summed E-state index contributed by atoms with van der Waals surface area (Å²) in [4.78, 5) is 20.5. The van der Waals surface area contributed by atoms with Gasteiger partial charge >= 0.3 is 0 Å². The van der Waals surface area contributed by atoms with Gasteiger partial charge in [0.05, 0.1) is 11.9 Å². The Hall–Kier alpha value is -3.48. The molecule has 0 unspecified atom stereocenters. The fourth-order valence-corrected chi connectivity index (χ4v) is 2.22. The molecule has 1 aromatic carbocycles. The number of benzene rings is 1. The molecule has 0 radical (unpaired) electrons. The van der Waals surface area contributed by atoms with Crippen molar-refractivity contribution < 1.29 is 9.32 Å². The van der Waals surface area contributed by atoms with E-state index in [1.807, 2.05) is 35.0 Å². The molecular weight excluding hydrogens is 294 g/mol. The minimum Gasteiger partial charge on any atom is -0.351 e. The second-order valence-electron chi connectivity index (χ2n) is 4.86. The van der Waals surface area contributed by atoms with E-state index in [1.165, 1.54) is 12.3 Å². The molecule has 1 amide bonds. The number of amides is 1. The van der Waals surface area contributed by atoms with Crippen LogP contribution in [0.4, 0.5) is 5.69 Å². The van der Waals surface area contributed by atoms with Gasteiger partial charge in [-0.3, -0.25) is 9.20 Å². The van der Waals surface area contributed by atoms with Crippen LogP contribution in [0.2, 0.25) is 0 Å². The number of rotatable bonds is 3. The van der Waals surface area contributed by atoms with Crippen molar-refractivity contribution in [1.82, 2.24) is 19.5 Å². The minimum atomic E-state index is -0.341. The van der Waals surface area contributed by atoms with Crippen LogP contribution in [0.1, 0.15) is 10.6 Å². The molecule has 0 saturated carbocycles. The number of aromatic nitrogens is 4. The van der Waals surface area contributed by atoms with E-state index in [4.69, 9.17) is 4.52 Å². The third-order valence-electron chi connectivity index (χ3n) is 3.34. The summed E-state index contributed by atoms with van der Waals surface area (Å²) >= 11 is 0. The van der Waals surface area contributed by atoms with Crippen molar-refractivity contribution in [2.75, 3.05) is 5.32 Å². The number of imidazole rings is 1. The average molecular weight is 305 g/mol. The summed E-state index contributed by atoms with van der Waals surface area (Å²) < 4.78 is 6.67. The Labute approximate surface area is 130 Å². The average Bonchev–Trinajstić information content (AvgIpc) is 3.25. The van der Waals surface area contributed by atoms with Crippen LogP contribution in [0.3, 0.4) is 0 Å². The highest BCUT2D eigenvalue weighted by Gasteiger charge is 2.10. The molecule has 0 bridgehead atoms. The Balaban J connectivity index is 1.57. The SMILES string of the molecule is O=C(Nc1ccc(-c2cn3cccnc3n2)cc1)c1ccno1. The first kappa shape index (κ1) is 13.2. The van der Waals surface area contributed by atoms with Gasteiger partial charge < -0.3 is 9.84 Å². The van der Waals surface area contributed by atoms with Crippen molar-refractivity contribution in [3.8, 4) is 11.3 Å². The van der Waals surface area contributed by atoms with Gasteiger partial charge in [-0.25, -0.2) is 9.97 Å². The molecule has 3 aromatic heterocycles. The number of nitrogens with zero attached hydrogens (tertiary/aromatic N) is 4. The van der Waals surface area contributed by atoms with Gasteiger partial charge in [-0.15, -0.1) is 0 Å². The zero-order valence-corrected chi connectivity index (χ0v) is 11.9. The van der Waals surface area contributed by atoms with Crippen LogP contribution in [-0.4, -0.2) is 25.4 Å². The second-order valence-corrected chi connectivity index (χ2v) is 4.86. The Bertz CT molecular complexity index is 925. The van der Waals surface area contributed by atoms with E-state index in [-0.39, 0.29) is 11.7 Å². The zero-order valence-electron chi connectivity index (χ0n) is 11.9. The van der Waals surface area contributed by atoms with Crippen molar-refractivity contribution in [2.45, 2.75) is 0 Å². The summed E-state index contributed by atoms with van der Waals surface area (Å²) in [7, 11) is 0. The monoisotopic (exact) mass is 305 g/mol. The number of hydrogen-bond acceptors (Lipinski definition) is 5. The molecule has 7 heteroatoms. The third kappa shape index (κ3) is 2.55. The van der Waals surface area contributed by atoms with Crippen LogP contribution in [0.5, 0.6) is 0 Å². The largest absolute Gasteiger partial charge is 0.351 e. The number of nitrogens with one attached hydrogen (secondary N) is 1. The van der Waals surface area contributed by atoms with Gasteiger partial charge in [0.25, 0.3) is 5.91 Å². The zero-order chi connectivity index (χ0) is 15.6. The molecule has 3 heterocycles. The Morgan fingerprint density at radius 2 is 2.00 bits per heavy atom. The summed E-state index contributed by atoms with van der Waals surface area (Å²) in [5, 5.41) is 6.25. The highest BCUT2D eigenvalue weighted by atomic mass is 16.5. The Kier molecular flexibility index (Phi) is 3.09. The molecule has 0 aliphatic heterocycles. The predicted octanol–water partition coefficient (Wildman–Crippen LogP) is 2.64. The van der Waals surface area contributed by atoms with Crippen molar-refractivity contribution in [3.63, 3.8) is 0 Å². The maximum atomic E-state index is 11.9. The Morgan fingerprint density at radius 1 is 1.13 bits per heavy atom. The molecule has 0 saturated heterocycles. The Morgan fingerprint density at radius 3 is 2.74 bits per heavy atom. The van der Waals surface area contributed by atoms with Crippen LogP contribution >= 0.6 is 0 Å². The number of carbonyl (C=O) groups excluding carboxylic acids is 1. The molecule has 0 aliphatic carbocycles. The molecule has 1 N–H and O–H groups in total. The fourth-order valence-electron chi connectivity index (χ4n) is 2.22. The molecule has 4 rings (SSSR count). The van der Waals surface area contributed by atoms with E-state index >= 15 is 0 Å². The predicted molar refractivity (Wildman–Crippen MR) is 82.9 cm³/mol. The van der Waals surface area contributed by atoms with Crippen molar-refractivity contribution >= 4 is 17.4 Å². The first-order chi connectivity index (χ1) is 11.3. The van der Waals surface area contributed by atoms with Gasteiger partial charge in [0.1, 0.15) is 0 Å². The highest BCUT2D eigenvalue weighted by Crippen LogP contribution is 2.21. The molecule has 0 atom stereocenters. The fraction of sp³-hybridized carbons (Fsp3) is 0. The maximum Gasteiger partial charge on any atom is 0.294 e. The lowest BCUT2D eigenvalue weighted by atomic mass is 10.1. The molecule has 112 valence electrons. The van der Waals surface area contributed by atoms with Crippen molar-refractivity contribution in [1.29, 1.82) is 0 Å². The van der Waals surface area contributed by atoms with Gasteiger partial charge in [-0.1, -0.05) is 17.3 Å². The molecule has 0 aliphatic rings. The maximum absolute atomic E-state index is 11.9. The lowest BCUT2D eigenvalue weighted by Crippen LogP contribution is -2.10. The molecule has 0 spiro atoms. The molecule has 4 aromatic rings. The number of fused-ring (bicyclic) bond motifs is 1. The molecule has 23 heavy (non-hydrogen) atoms. The number of carbonyl (C=O) groups is 1.